The van der Waals surface area contributed by atoms with Gasteiger partial charge in [-0.3, -0.25) is 19.4 Å². The summed E-state index contributed by atoms with van der Waals surface area (Å²) in [6.07, 6.45) is 2.59. The topological polar surface area (TPSA) is 75.2 Å². The Morgan fingerprint density at radius 2 is 2.03 bits per heavy atom. The minimum absolute atomic E-state index is 0.0440. The van der Waals surface area contributed by atoms with Crippen LogP contribution in [0.1, 0.15) is 38.7 Å². The van der Waals surface area contributed by atoms with Gasteiger partial charge in [0.2, 0.25) is 5.91 Å². The summed E-state index contributed by atoms with van der Waals surface area (Å²) in [5, 5.41) is 10.4. The van der Waals surface area contributed by atoms with Gasteiger partial charge in [0.25, 0.3) is 0 Å². The first-order valence-corrected chi connectivity index (χ1v) is 11.7. The number of carbonyl (C=O) groups excluding carboxylic acids is 1. The molecule has 2 N–H and O–H groups in total. The number of aromatic nitrogens is 3. The molecule has 8 heteroatoms. The van der Waals surface area contributed by atoms with Crippen LogP contribution >= 0.6 is 12.2 Å². The predicted octanol–water partition coefficient (Wildman–Crippen LogP) is 3.56. The van der Waals surface area contributed by atoms with E-state index in [4.69, 9.17) is 17.0 Å². The van der Waals surface area contributed by atoms with Crippen LogP contribution in [-0.2, 0) is 16.1 Å². The Balaban J connectivity index is 1.61. The molecule has 0 bridgehead atoms. The van der Waals surface area contributed by atoms with Crippen LogP contribution in [0.5, 0.6) is 0 Å². The van der Waals surface area contributed by atoms with Gasteiger partial charge in [0.15, 0.2) is 10.6 Å². The Kier molecular flexibility index (Phi) is 8.80. The lowest BCUT2D eigenvalue weighted by atomic mass is 9.92. The fourth-order valence-corrected chi connectivity index (χ4v) is 4.61. The number of nitrogens with zero attached hydrogens (tertiary/aromatic N) is 3. The van der Waals surface area contributed by atoms with Gasteiger partial charge in [0.05, 0.1) is 13.2 Å². The first-order chi connectivity index (χ1) is 15.0. The standard InChI is InChI=1S/C23H35N5O2S/c1-4-18(5-2)20(27-11-13-30-14-12-27)16-24-21(29)9-10-28-22(25-26-23(28)31)19-8-6-7-17(3)15-19/h6-8,15,18,20H,4-5,9-14,16H2,1-3H3,(H,24,29)(H,26,31). The molecule has 1 aromatic heterocycles. The van der Waals surface area contributed by atoms with Crippen LogP contribution in [0.2, 0.25) is 0 Å². The summed E-state index contributed by atoms with van der Waals surface area (Å²) in [7, 11) is 0. The molecule has 0 saturated carbocycles. The summed E-state index contributed by atoms with van der Waals surface area (Å²) < 4.78 is 7.96. The molecule has 3 rings (SSSR count). The third-order valence-corrected chi connectivity index (χ3v) is 6.52. The zero-order valence-electron chi connectivity index (χ0n) is 18.9. The minimum atomic E-state index is 0.0440. The molecule has 1 aliphatic heterocycles. The average Bonchev–Trinajstić information content (AvgIpc) is 3.16. The van der Waals surface area contributed by atoms with Gasteiger partial charge in [-0.05, 0) is 31.1 Å². The third-order valence-electron chi connectivity index (χ3n) is 6.21. The molecule has 0 spiro atoms. The largest absolute Gasteiger partial charge is 0.379 e. The van der Waals surface area contributed by atoms with Crippen molar-refractivity contribution in [1.82, 2.24) is 25.0 Å². The van der Waals surface area contributed by atoms with E-state index >= 15 is 0 Å². The number of nitrogens with one attached hydrogen (secondary N) is 2. The molecule has 7 nitrogen and oxygen atoms in total. The van der Waals surface area contributed by atoms with E-state index in [1.165, 1.54) is 0 Å². The normalized spacial score (nSPS) is 15.9. The van der Waals surface area contributed by atoms with Crippen LogP contribution in [0, 0.1) is 17.6 Å². The maximum Gasteiger partial charge on any atom is 0.221 e. The number of H-pyrrole nitrogens is 1. The molecule has 0 radical (unpaired) electrons. The number of aromatic amines is 1. The van der Waals surface area contributed by atoms with Crippen molar-refractivity contribution in [3.05, 3.63) is 34.6 Å². The van der Waals surface area contributed by atoms with Crippen LogP contribution in [-0.4, -0.2) is 64.5 Å². The van der Waals surface area contributed by atoms with Gasteiger partial charge in [-0.15, -0.1) is 0 Å². The first-order valence-electron chi connectivity index (χ1n) is 11.3. The van der Waals surface area contributed by atoms with Crippen molar-refractivity contribution >= 4 is 18.1 Å². The molecule has 170 valence electrons. The van der Waals surface area contributed by atoms with Crippen LogP contribution in [0.4, 0.5) is 0 Å². The molecular weight excluding hydrogens is 410 g/mol. The van der Waals surface area contributed by atoms with Crippen molar-refractivity contribution in [3.8, 4) is 11.4 Å². The zero-order valence-corrected chi connectivity index (χ0v) is 19.7. The van der Waals surface area contributed by atoms with Crippen LogP contribution < -0.4 is 5.32 Å². The summed E-state index contributed by atoms with van der Waals surface area (Å²) in [4.78, 5) is 15.2. The highest BCUT2D eigenvalue weighted by Crippen LogP contribution is 2.20. The van der Waals surface area contributed by atoms with Crippen LogP contribution in [0.15, 0.2) is 24.3 Å². The Labute approximate surface area is 190 Å². The van der Waals surface area contributed by atoms with E-state index in [0.717, 1.165) is 56.1 Å². The number of morpholine rings is 1. The Hall–Kier alpha value is -2.03. The van der Waals surface area contributed by atoms with Gasteiger partial charge in [-0.25, -0.2) is 0 Å². The van der Waals surface area contributed by atoms with Crippen LogP contribution in [0.3, 0.4) is 0 Å². The number of rotatable bonds is 10. The van der Waals surface area contributed by atoms with Gasteiger partial charge >= 0.3 is 0 Å². The second-order valence-corrected chi connectivity index (χ2v) is 8.61. The Bertz CT molecular complexity index is 899. The SMILES string of the molecule is CCC(CC)C(CNC(=O)CCn1c(-c2cccc(C)c2)n[nH]c1=S)N1CCOCC1. The third kappa shape index (κ3) is 6.24. The minimum Gasteiger partial charge on any atom is -0.379 e. The molecule has 1 saturated heterocycles. The van der Waals surface area contributed by atoms with Gasteiger partial charge in [0.1, 0.15) is 0 Å². The molecule has 1 aliphatic rings. The van der Waals surface area contributed by atoms with Crippen molar-refractivity contribution in [1.29, 1.82) is 0 Å². The van der Waals surface area contributed by atoms with Gasteiger partial charge in [-0.1, -0.05) is 50.5 Å². The lowest BCUT2D eigenvalue weighted by Gasteiger charge is -2.38. The fourth-order valence-electron chi connectivity index (χ4n) is 4.39. The molecule has 2 aromatic rings. The highest BCUT2D eigenvalue weighted by Gasteiger charge is 2.27. The van der Waals surface area contributed by atoms with Crippen molar-refractivity contribution in [2.24, 2.45) is 5.92 Å². The number of benzene rings is 1. The highest BCUT2D eigenvalue weighted by molar-refractivity contribution is 7.71. The van der Waals surface area contributed by atoms with Crippen molar-refractivity contribution in [2.75, 3.05) is 32.8 Å². The molecule has 1 atom stereocenters. The number of amides is 1. The molecule has 31 heavy (non-hydrogen) atoms. The van der Waals surface area contributed by atoms with Crippen molar-refractivity contribution in [3.63, 3.8) is 0 Å². The first kappa shape index (κ1) is 23.6. The molecular formula is C23H35N5O2S. The summed E-state index contributed by atoms with van der Waals surface area (Å²) in [6, 6.07) is 8.49. The zero-order chi connectivity index (χ0) is 22.2. The molecule has 1 aromatic carbocycles. The number of hydrogen-bond acceptors (Lipinski definition) is 5. The van der Waals surface area contributed by atoms with E-state index in [1.54, 1.807) is 0 Å². The summed E-state index contributed by atoms with van der Waals surface area (Å²) in [5.74, 6) is 1.38. The van der Waals surface area contributed by atoms with Crippen LogP contribution in [0.25, 0.3) is 11.4 Å². The Morgan fingerprint density at radius 3 is 2.71 bits per heavy atom. The van der Waals surface area contributed by atoms with Gasteiger partial charge in [-0.2, -0.15) is 5.10 Å². The van der Waals surface area contributed by atoms with E-state index in [0.29, 0.717) is 36.2 Å². The number of carbonyl (C=O) groups is 1. The maximum absolute atomic E-state index is 12.7. The number of hydrogen-bond donors (Lipinski definition) is 2. The highest BCUT2D eigenvalue weighted by atomic mass is 32.1. The average molecular weight is 446 g/mol. The fraction of sp³-hybridized carbons (Fsp3) is 0.609. The molecule has 1 amide bonds. The van der Waals surface area contributed by atoms with Gasteiger partial charge < -0.3 is 10.1 Å². The molecule has 2 heterocycles. The lowest BCUT2D eigenvalue weighted by Crippen LogP contribution is -2.52. The van der Waals surface area contributed by atoms with E-state index in [1.807, 2.05) is 29.7 Å². The second kappa shape index (κ2) is 11.5. The maximum atomic E-state index is 12.7. The number of ether oxygens (including phenoxy) is 1. The van der Waals surface area contributed by atoms with E-state index in [2.05, 4.69) is 40.3 Å². The monoisotopic (exact) mass is 445 g/mol. The predicted molar refractivity (Wildman–Crippen MR) is 125 cm³/mol. The summed E-state index contributed by atoms with van der Waals surface area (Å²) in [5.41, 5.74) is 2.15. The Morgan fingerprint density at radius 1 is 1.29 bits per heavy atom. The van der Waals surface area contributed by atoms with E-state index < -0.39 is 0 Å². The smallest absolute Gasteiger partial charge is 0.221 e. The summed E-state index contributed by atoms with van der Waals surface area (Å²) in [6.45, 7) is 11.1. The lowest BCUT2D eigenvalue weighted by molar-refractivity contribution is -0.121. The number of aryl methyl sites for hydroxylation is 1. The molecule has 1 fully saturated rings. The molecule has 1 unspecified atom stereocenters. The molecule has 0 aliphatic carbocycles. The van der Waals surface area contributed by atoms with E-state index in [9.17, 15) is 4.79 Å². The summed E-state index contributed by atoms with van der Waals surface area (Å²) >= 11 is 5.41. The van der Waals surface area contributed by atoms with Crippen molar-refractivity contribution < 1.29 is 9.53 Å². The van der Waals surface area contributed by atoms with Crippen molar-refractivity contribution in [2.45, 2.75) is 52.6 Å². The second-order valence-electron chi connectivity index (χ2n) is 8.22. The van der Waals surface area contributed by atoms with E-state index in [-0.39, 0.29) is 5.91 Å². The quantitative estimate of drug-likeness (QED) is 0.547. The van der Waals surface area contributed by atoms with Gasteiger partial charge in [0, 0.05) is 44.2 Å².